The molecule has 0 radical (unpaired) electrons. The van der Waals surface area contributed by atoms with E-state index in [1.165, 1.54) is 18.4 Å². The molecule has 1 saturated heterocycles. The zero-order valence-electron chi connectivity index (χ0n) is 17.4. The molecule has 1 aromatic heterocycles. The van der Waals surface area contributed by atoms with Crippen molar-refractivity contribution in [2.75, 3.05) is 64.1 Å². The van der Waals surface area contributed by atoms with E-state index < -0.39 is 10.0 Å². The predicted molar refractivity (Wildman–Crippen MR) is 121 cm³/mol. The summed E-state index contributed by atoms with van der Waals surface area (Å²) in [6.07, 6.45) is 1.84. The lowest BCUT2D eigenvalue weighted by atomic mass is 10.2. The van der Waals surface area contributed by atoms with Crippen LogP contribution in [0.3, 0.4) is 0 Å². The van der Waals surface area contributed by atoms with E-state index >= 15 is 0 Å². The number of amides is 1. The second kappa shape index (κ2) is 9.88. The van der Waals surface area contributed by atoms with E-state index in [0.29, 0.717) is 16.7 Å². The number of rotatable bonds is 8. The normalized spacial score (nSPS) is 15.8. The van der Waals surface area contributed by atoms with Crippen LogP contribution in [-0.2, 0) is 19.6 Å². The molecule has 0 saturated carbocycles. The van der Waals surface area contributed by atoms with E-state index in [1.807, 2.05) is 19.1 Å². The first-order valence-electron chi connectivity index (χ1n) is 9.74. The molecule has 0 N–H and O–H groups in total. The third kappa shape index (κ3) is 5.68. The average molecular weight is 475 g/mol. The Kier molecular flexibility index (Phi) is 7.70. The monoisotopic (exact) mass is 474 g/mol. The predicted octanol–water partition coefficient (Wildman–Crippen LogP) is 2.20. The number of hydrogen-bond acceptors (Lipinski definition) is 7. The van der Waals surface area contributed by atoms with Gasteiger partial charge in [0.1, 0.15) is 0 Å². The number of carbonyl (C=O) groups excluding carboxylic acids is 1. The third-order valence-corrected chi connectivity index (χ3v) is 7.87. The molecule has 30 heavy (non-hydrogen) atoms. The molecule has 1 aliphatic heterocycles. The Balaban J connectivity index is 1.81. The number of nitrogens with zero attached hydrogens (tertiary/aromatic N) is 4. The van der Waals surface area contributed by atoms with Gasteiger partial charge in [0.05, 0.1) is 36.2 Å². The highest BCUT2D eigenvalue weighted by Crippen LogP contribution is 2.33. The number of morpholine rings is 1. The van der Waals surface area contributed by atoms with Gasteiger partial charge >= 0.3 is 0 Å². The lowest BCUT2D eigenvalue weighted by molar-refractivity contribution is -0.118. The Labute approximate surface area is 186 Å². The number of ether oxygens (including phenoxy) is 1. The molecule has 0 unspecified atom stereocenters. The van der Waals surface area contributed by atoms with E-state index in [1.54, 1.807) is 4.90 Å². The topological polar surface area (TPSA) is 83.0 Å². The molecule has 0 aliphatic carbocycles. The van der Waals surface area contributed by atoms with Gasteiger partial charge in [-0.3, -0.25) is 14.6 Å². The van der Waals surface area contributed by atoms with Crippen LogP contribution >= 0.6 is 22.9 Å². The Morgan fingerprint density at radius 2 is 2.03 bits per heavy atom. The van der Waals surface area contributed by atoms with Gasteiger partial charge in [-0.25, -0.2) is 13.4 Å². The molecule has 2 heterocycles. The molecule has 0 bridgehead atoms. The summed E-state index contributed by atoms with van der Waals surface area (Å²) in [5, 5.41) is 1.19. The quantitative estimate of drug-likeness (QED) is 0.583. The molecule has 0 spiro atoms. The Morgan fingerprint density at radius 1 is 1.33 bits per heavy atom. The van der Waals surface area contributed by atoms with Gasteiger partial charge in [-0.05, 0) is 31.0 Å². The van der Waals surface area contributed by atoms with Gasteiger partial charge < -0.3 is 4.74 Å². The van der Waals surface area contributed by atoms with Gasteiger partial charge in [0.15, 0.2) is 5.13 Å². The Hall–Kier alpha value is -1.30. The molecule has 0 atom stereocenters. The third-order valence-electron chi connectivity index (χ3n) is 5.15. The molecule has 1 aromatic carbocycles. The fourth-order valence-corrected chi connectivity index (χ4v) is 4.77. The van der Waals surface area contributed by atoms with Gasteiger partial charge in [-0.1, -0.05) is 22.9 Å². The van der Waals surface area contributed by atoms with Gasteiger partial charge in [-0.15, -0.1) is 0 Å². The summed E-state index contributed by atoms with van der Waals surface area (Å²) in [4.78, 5) is 21.6. The van der Waals surface area contributed by atoms with Gasteiger partial charge in [0.2, 0.25) is 15.9 Å². The smallest absolute Gasteiger partial charge is 0.244 e. The standard InChI is InChI=1S/C19H27ClN4O4S2/c1-14-15(20)5-6-16-18(14)21-19(29-16)24(17(25)13-22(2)30(3,26)27)8-4-7-23-9-11-28-12-10-23/h5-6H,4,7-13H2,1-3H3. The summed E-state index contributed by atoms with van der Waals surface area (Å²) < 4.78 is 30.9. The van der Waals surface area contributed by atoms with Crippen LogP contribution in [0.1, 0.15) is 12.0 Å². The maximum absolute atomic E-state index is 13.0. The zero-order chi connectivity index (χ0) is 21.9. The van der Waals surface area contributed by atoms with Crippen molar-refractivity contribution in [3.63, 3.8) is 0 Å². The lowest BCUT2D eigenvalue weighted by Gasteiger charge is -2.28. The number of hydrogen-bond donors (Lipinski definition) is 0. The fraction of sp³-hybridized carbons (Fsp3) is 0.579. The Bertz CT molecular complexity index is 1010. The van der Waals surface area contributed by atoms with Crippen LogP contribution in [0.4, 0.5) is 5.13 Å². The minimum atomic E-state index is -3.46. The van der Waals surface area contributed by atoms with Crippen LogP contribution in [0.5, 0.6) is 0 Å². The minimum Gasteiger partial charge on any atom is -0.379 e. The Morgan fingerprint density at radius 3 is 2.70 bits per heavy atom. The van der Waals surface area contributed by atoms with Crippen molar-refractivity contribution < 1.29 is 17.9 Å². The number of sulfonamides is 1. The molecule has 11 heteroatoms. The molecule has 1 amide bonds. The van der Waals surface area contributed by atoms with Gasteiger partial charge in [0.25, 0.3) is 0 Å². The second-order valence-corrected chi connectivity index (χ2v) is 10.9. The molecular formula is C19H27ClN4O4S2. The largest absolute Gasteiger partial charge is 0.379 e. The first kappa shape index (κ1) is 23.4. The number of likely N-dealkylation sites (N-methyl/N-ethyl adjacent to an activating group) is 1. The van der Waals surface area contributed by atoms with Crippen LogP contribution in [0, 0.1) is 6.92 Å². The van der Waals surface area contributed by atoms with E-state index in [2.05, 4.69) is 9.88 Å². The summed E-state index contributed by atoms with van der Waals surface area (Å²) in [6.45, 7) is 6.17. The molecule has 8 nitrogen and oxygen atoms in total. The van der Waals surface area contributed by atoms with Gasteiger partial charge in [0, 0.05) is 38.2 Å². The number of halogens is 1. The highest BCUT2D eigenvalue weighted by Gasteiger charge is 2.24. The molecular weight excluding hydrogens is 448 g/mol. The number of anilines is 1. The van der Waals surface area contributed by atoms with Crippen molar-refractivity contribution >= 4 is 54.2 Å². The van der Waals surface area contributed by atoms with Crippen LogP contribution in [0.15, 0.2) is 12.1 Å². The highest BCUT2D eigenvalue weighted by molar-refractivity contribution is 7.88. The average Bonchev–Trinajstić information content (AvgIpc) is 3.12. The molecule has 1 fully saturated rings. The van der Waals surface area contributed by atoms with Crippen molar-refractivity contribution in [2.45, 2.75) is 13.3 Å². The number of carbonyl (C=O) groups is 1. The SMILES string of the molecule is Cc1c(Cl)ccc2sc(N(CCCN3CCOCC3)C(=O)CN(C)S(C)(=O)=O)nc12. The maximum Gasteiger partial charge on any atom is 0.244 e. The zero-order valence-corrected chi connectivity index (χ0v) is 19.8. The van der Waals surface area contributed by atoms with Crippen LogP contribution < -0.4 is 4.90 Å². The number of benzene rings is 1. The summed E-state index contributed by atoms with van der Waals surface area (Å²) in [6, 6.07) is 3.72. The van der Waals surface area contributed by atoms with Crippen LogP contribution in [0.2, 0.25) is 5.02 Å². The van der Waals surface area contributed by atoms with Crippen molar-refractivity contribution in [3.05, 3.63) is 22.7 Å². The first-order chi connectivity index (χ1) is 14.2. The van der Waals surface area contributed by atoms with Crippen molar-refractivity contribution in [2.24, 2.45) is 0 Å². The number of aromatic nitrogens is 1. The molecule has 2 aromatic rings. The molecule has 3 rings (SSSR count). The second-order valence-electron chi connectivity index (χ2n) is 7.39. The summed E-state index contributed by atoms with van der Waals surface area (Å²) in [5.41, 5.74) is 1.63. The van der Waals surface area contributed by atoms with E-state index in [0.717, 1.165) is 65.6 Å². The lowest BCUT2D eigenvalue weighted by Crippen LogP contribution is -2.43. The number of aryl methyl sites for hydroxylation is 1. The van der Waals surface area contributed by atoms with Crippen molar-refractivity contribution in [1.29, 1.82) is 0 Å². The molecule has 166 valence electrons. The van der Waals surface area contributed by atoms with Crippen molar-refractivity contribution in [1.82, 2.24) is 14.2 Å². The van der Waals surface area contributed by atoms with Gasteiger partial charge in [-0.2, -0.15) is 4.31 Å². The van der Waals surface area contributed by atoms with E-state index in [-0.39, 0.29) is 12.5 Å². The first-order valence-corrected chi connectivity index (χ1v) is 12.8. The number of thiazole rings is 1. The summed E-state index contributed by atoms with van der Waals surface area (Å²) >= 11 is 7.63. The van der Waals surface area contributed by atoms with Crippen molar-refractivity contribution in [3.8, 4) is 0 Å². The summed E-state index contributed by atoms with van der Waals surface area (Å²) in [5.74, 6) is -0.298. The van der Waals surface area contributed by atoms with Crippen LogP contribution in [-0.4, -0.2) is 87.8 Å². The fourth-order valence-electron chi connectivity index (χ4n) is 3.20. The van der Waals surface area contributed by atoms with E-state index in [9.17, 15) is 13.2 Å². The van der Waals surface area contributed by atoms with E-state index in [4.69, 9.17) is 16.3 Å². The maximum atomic E-state index is 13.0. The minimum absolute atomic E-state index is 0.230. The van der Waals surface area contributed by atoms with Crippen LogP contribution in [0.25, 0.3) is 10.2 Å². The summed E-state index contributed by atoms with van der Waals surface area (Å²) in [7, 11) is -2.05. The number of fused-ring (bicyclic) bond motifs is 1. The molecule has 1 aliphatic rings. The highest BCUT2D eigenvalue weighted by atomic mass is 35.5.